The van der Waals surface area contributed by atoms with Gasteiger partial charge in [-0.3, -0.25) is 0 Å². The molecule has 1 atom stereocenters. The Balaban J connectivity index is 2.53. The van der Waals surface area contributed by atoms with Crippen LogP contribution in [-0.4, -0.2) is 6.61 Å². The van der Waals surface area contributed by atoms with Crippen LogP contribution < -0.4 is 10.5 Å². The van der Waals surface area contributed by atoms with Crippen LogP contribution in [0.15, 0.2) is 12.1 Å². The van der Waals surface area contributed by atoms with Crippen molar-refractivity contribution in [2.24, 2.45) is 5.73 Å². The van der Waals surface area contributed by atoms with Gasteiger partial charge in [0, 0.05) is 11.6 Å². The number of fused-ring (bicyclic) bond motifs is 1. The van der Waals surface area contributed by atoms with Crippen molar-refractivity contribution in [2.75, 3.05) is 6.61 Å². The van der Waals surface area contributed by atoms with Gasteiger partial charge in [0.1, 0.15) is 11.6 Å². The van der Waals surface area contributed by atoms with Gasteiger partial charge in [-0.05, 0) is 37.5 Å². The molecule has 1 aliphatic heterocycles. The molecule has 0 amide bonds. The van der Waals surface area contributed by atoms with Gasteiger partial charge in [0.15, 0.2) is 0 Å². The predicted octanol–water partition coefficient (Wildman–Crippen LogP) is 2.31. The molecule has 0 aromatic heterocycles. The third-order valence-corrected chi connectivity index (χ3v) is 2.57. The van der Waals surface area contributed by atoms with E-state index in [1.807, 2.05) is 6.92 Å². The highest BCUT2D eigenvalue weighted by Gasteiger charge is 2.18. The van der Waals surface area contributed by atoms with Gasteiger partial charge in [0.25, 0.3) is 0 Å². The van der Waals surface area contributed by atoms with Crippen LogP contribution in [0.3, 0.4) is 0 Å². The van der Waals surface area contributed by atoms with Gasteiger partial charge in [0.2, 0.25) is 0 Å². The molecule has 2 rings (SSSR count). The molecule has 0 fully saturated rings. The lowest BCUT2D eigenvalue weighted by molar-refractivity contribution is 0.314. The SMILES string of the molecule is Cc1cc(F)cc2c1OCCC[C@@H]2N. The summed E-state index contributed by atoms with van der Waals surface area (Å²) in [6.45, 7) is 2.52. The first-order chi connectivity index (χ1) is 6.68. The molecule has 0 saturated carbocycles. The number of ether oxygens (including phenoxy) is 1. The molecular formula is C11H14FNO. The average molecular weight is 195 g/mol. The summed E-state index contributed by atoms with van der Waals surface area (Å²) in [7, 11) is 0. The Morgan fingerprint density at radius 3 is 3.07 bits per heavy atom. The van der Waals surface area contributed by atoms with E-state index in [4.69, 9.17) is 10.5 Å². The van der Waals surface area contributed by atoms with E-state index in [0.29, 0.717) is 6.61 Å². The largest absolute Gasteiger partial charge is 0.493 e. The van der Waals surface area contributed by atoms with Gasteiger partial charge >= 0.3 is 0 Å². The molecule has 0 aliphatic carbocycles. The monoisotopic (exact) mass is 195 g/mol. The smallest absolute Gasteiger partial charge is 0.127 e. The molecule has 2 nitrogen and oxygen atoms in total. The van der Waals surface area contributed by atoms with Crippen LogP contribution in [-0.2, 0) is 0 Å². The topological polar surface area (TPSA) is 35.2 Å². The number of rotatable bonds is 0. The first-order valence-electron chi connectivity index (χ1n) is 4.87. The average Bonchev–Trinajstić information content (AvgIpc) is 2.29. The Labute approximate surface area is 82.9 Å². The Morgan fingerprint density at radius 1 is 1.50 bits per heavy atom. The van der Waals surface area contributed by atoms with E-state index in [0.717, 1.165) is 29.7 Å². The quantitative estimate of drug-likeness (QED) is 0.689. The first kappa shape index (κ1) is 9.46. The summed E-state index contributed by atoms with van der Waals surface area (Å²) in [5.74, 6) is 0.540. The molecule has 0 spiro atoms. The van der Waals surface area contributed by atoms with Crippen LogP contribution in [0.2, 0.25) is 0 Å². The fourth-order valence-corrected chi connectivity index (χ4v) is 1.86. The zero-order valence-corrected chi connectivity index (χ0v) is 8.22. The molecule has 1 aromatic carbocycles. The van der Waals surface area contributed by atoms with Gasteiger partial charge in [-0.1, -0.05) is 0 Å². The fourth-order valence-electron chi connectivity index (χ4n) is 1.86. The highest BCUT2D eigenvalue weighted by Crippen LogP contribution is 2.33. The van der Waals surface area contributed by atoms with Crippen LogP contribution in [0.4, 0.5) is 4.39 Å². The van der Waals surface area contributed by atoms with Crippen molar-refractivity contribution in [1.29, 1.82) is 0 Å². The molecule has 0 saturated heterocycles. The summed E-state index contributed by atoms with van der Waals surface area (Å²) in [5.41, 5.74) is 7.57. The molecule has 0 radical (unpaired) electrons. The summed E-state index contributed by atoms with van der Waals surface area (Å²) in [5, 5.41) is 0. The second-order valence-corrected chi connectivity index (χ2v) is 3.74. The zero-order chi connectivity index (χ0) is 10.1. The van der Waals surface area contributed by atoms with E-state index in [-0.39, 0.29) is 11.9 Å². The Morgan fingerprint density at radius 2 is 2.29 bits per heavy atom. The van der Waals surface area contributed by atoms with Crippen LogP contribution in [0, 0.1) is 12.7 Å². The zero-order valence-electron chi connectivity index (χ0n) is 8.22. The molecule has 0 bridgehead atoms. The molecule has 0 unspecified atom stereocenters. The number of hydrogen-bond donors (Lipinski definition) is 1. The lowest BCUT2D eigenvalue weighted by Crippen LogP contribution is -2.09. The van der Waals surface area contributed by atoms with Crippen molar-refractivity contribution in [3.63, 3.8) is 0 Å². The van der Waals surface area contributed by atoms with Crippen LogP contribution in [0.25, 0.3) is 0 Å². The summed E-state index contributed by atoms with van der Waals surface area (Å²) in [6.07, 6.45) is 1.78. The van der Waals surface area contributed by atoms with Gasteiger partial charge in [-0.25, -0.2) is 4.39 Å². The van der Waals surface area contributed by atoms with E-state index < -0.39 is 0 Å². The minimum absolute atomic E-state index is 0.0955. The van der Waals surface area contributed by atoms with Crippen molar-refractivity contribution in [2.45, 2.75) is 25.8 Å². The number of aryl methyl sites for hydroxylation is 1. The number of halogens is 1. The molecule has 1 aromatic rings. The second-order valence-electron chi connectivity index (χ2n) is 3.74. The van der Waals surface area contributed by atoms with Crippen LogP contribution in [0.5, 0.6) is 5.75 Å². The summed E-state index contributed by atoms with van der Waals surface area (Å²) >= 11 is 0. The third kappa shape index (κ3) is 1.60. The summed E-state index contributed by atoms with van der Waals surface area (Å²) in [4.78, 5) is 0. The minimum atomic E-state index is -0.234. The van der Waals surface area contributed by atoms with E-state index in [9.17, 15) is 4.39 Å². The van der Waals surface area contributed by atoms with E-state index in [1.54, 1.807) is 0 Å². The summed E-state index contributed by atoms with van der Waals surface area (Å²) < 4.78 is 18.7. The Hall–Kier alpha value is -1.09. The molecular weight excluding hydrogens is 181 g/mol. The van der Waals surface area contributed by atoms with Crippen molar-refractivity contribution in [3.8, 4) is 5.75 Å². The standard InChI is InChI=1S/C11H14FNO/c1-7-5-8(12)6-9-10(13)3-2-4-14-11(7)9/h5-6,10H,2-4,13H2,1H3/t10-/m0/s1. The van der Waals surface area contributed by atoms with Crippen molar-refractivity contribution in [3.05, 3.63) is 29.1 Å². The fraction of sp³-hybridized carbons (Fsp3) is 0.455. The maximum absolute atomic E-state index is 13.2. The highest BCUT2D eigenvalue weighted by atomic mass is 19.1. The maximum Gasteiger partial charge on any atom is 0.127 e. The number of benzene rings is 1. The number of nitrogens with two attached hydrogens (primary N) is 1. The van der Waals surface area contributed by atoms with E-state index >= 15 is 0 Å². The van der Waals surface area contributed by atoms with Crippen molar-refractivity contribution in [1.82, 2.24) is 0 Å². The molecule has 76 valence electrons. The Kier molecular flexibility index (Phi) is 2.42. The lowest BCUT2D eigenvalue weighted by Gasteiger charge is -2.13. The molecule has 14 heavy (non-hydrogen) atoms. The number of hydrogen-bond acceptors (Lipinski definition) is 2. The van der Waals surface area contributed by atoms with E-state index in [2.05, 4.69) is 0 Å². The van der Waals surface area contributed by atoms with Crippen LogP contribution >= 0.6 is 0 Å². The van der Waals surface area contributed by atoms with Gasteiger partial charge < -0.3 is 10.5 Å². The van der Waals surface area contributed by atoms with Gasteiger partial charge in [0.05, 0.1) is 6.61 Å². The van der Waals surface area contributed by atoms with Crippen molar-refractivity contribution >= 4 is 0 Å². The van der Waals surface area contributed by atoms with Gasteiger partial charge in [-0.2, -0.15) is 0 Å². The highest BCUT2D eigenvalue weighted by molar-refractivity contribution is 5.43. The van der Waals surface area contributed by atoms with Gasteiger partial charge in [-0.15, -0.1) is 0 Å². The second kappa shape index (κ2) is 3.58. The predicted molar refractivity (Wildman–Crippen MR) is 52.8 cm³/mol. The summed E-state index contributed by atoms with van der Waals surface area (Å²) in [6, 6.07) is 2.87. The molecule has 2 N–H and O–H groups in total. The van der Waals surface area contributed by atoms with Crippen molar-refractivity contribution < 1.29 is 9.13 Å². The Bertz CT molecular complexity index is 351. The van der Waals surface area contributed by atoms with Crippen LogP contribution in [0.1, 0.15) is 30.0 Å². The minimum Gasteiger partial charge on any atom is -0.493 e. The normalized spacial score (nSPS) is 20.9. The molecule has 1 aliphatic rings. The third-order valence-electron chi connectivity index (χ3n) is 2.57. The molecule has 1 heterocycles. The van der Waals surface area contributed by atoms with E-state index in [1.165, 1.54) is 12.1 Å². The lowest BCUT2D eigenvalue weighted by atomic mass is 10.0. The maximum atomic E-state index is 13.2. The molecule has 3 heteroatoms. The first-order valence-corrected chi connectivity index (χ1v) is 4.87.